The van der Waals surface area contributed by atoms with Crippen LogP contribution in [0.5, 0.6) is 0 Å². The lowest BCUT2D eigenvalue weighted by Crippen LogP contribution is -2.23. The van der Waals surface area contributed by atoms with Gasteiger partial charge in [0.05, 0.1) is 5.71 Å². The van der Waals surface area contributed by atoms with Crippen molar-refractivity contribution in [3.8, 4) is 0 Å². The molecule has 0 aromatic rings. The Balaban J connectivity index is 2.51. The van der Waals surface area contributed by atoms with E-state index in [1.165, 1.54) is 11.8 Å². The molecule has 1 heterocycles. The first-order valence-electron chi connectivity index (χ1n) is 4.84. The molecule has 0 bridgehead atoms. The van der Waals surface area contributed by atoms with Gasteiger partial charge in [0.1, 0.15) is 4.87 Å². The lowest BCUT2D eigenvalue weighted by molar-refractivity contribution is 0.152. The number of nitrogens with one attached hydrogen (secondary N) is 1. The zero-order valence-corrected chi connectivity index (χ0v) is 10.4. The summed E-state index contributed by atoms with van der Waals surface area (Å²) in [6, 6.07) is 0. The van der Waals surface area contributed by atoms with E-state index >= 15 is 0 Å². The summed E-state index contributed by atoms with van der Waals surface area (Å²) >= 11 is 1.46. The third kappa shape index (κ3) is 3.69. The Morgan fingerprint density at radius 3 is 2.94 bits per heavy atom. The van der Waals surface area contributed by atoms with E-state index in [2.05, 4.69) is 26.9 Å². The van der Waals surface area contributed by atoms with Crippen LogP contribution in [0.15, 0.2) is 22.8 Å². The van der Waals surface area contributed by atoms with Gasteiger partial charge >= 0.3 is 6.09 Å². The highest BCUT2D eigenvalue weighted by Crippen LogP contribution is 2.33. The van der Waals surface area contributed by atoms with Crippen LogP contribution in [0.1, 0.15) is 20.8 Å². The molecular weight excluding hydrogens is 226 g/mol. The predicted octanol–water partition coefficient (Wildman–Crippen LogP) is 2.16. The number of nitrogens with zero attached hydrogens (tertiary/aromatic N) is 2. The summed E-state index contributed by atoms with van der Waals surface area (Å²) in [5, 5.41) is 6.85. The van der Waals surface area contributed by atoms with E-state index < -0.39 is 6.09 Å². The Morgan fingerprint density at radius 2 is 2.44 bits per heavy atom. The smallest absolute Gasteiger partial charge is 0.316 e. The van der Waals surface area contributed by atoms with Crippen molar-refractivity contribution in [2.24, 2.45) is 10.1 Å². The fourth-order valence-corrected chi connectivity index (χ4v) is 2.06. The molecule has 0 radical (unpaired) electrons. The fourth-order valence-electron chi connectivity index (χ4n) is 1.14. The molecule has 0 aromatic carbocycles. The number of carbonyl (C=O) groups is 1. The van der Waals surface area contributed by atoms with E-state index in [9.17, 15) is 4.79 Å². The van der Waals surface area contributed by atoms with Gasteiger partial charge in [0.25, 0.3) is 0 Å². The van der Waals surface area contributed by atoms with E-state index in [4.69, 9.17) is 0 Å². The summed E-state index contributed by atoms with van der Waals surface area (Å²) in [5.41, 5.74) is 0.784. The molecule has 0 saturated heterocycles. The first-order valence-corrected chi connectivity index (χ1v) is 5.66. The van der Waals surface area contributed by atoms with Crippen molar-refractivity contribution in [1.82, 2.24) is 5.32 Å². The van der Waals surface area contributed by atoms with Crippen LogP contribution in [-0.2, 0) is 4.84 Å². The summed E-state index contributed by atoms with van der Waals surface area (Å²) in [5.74, 6) is 0. The lowest BCUT2D eigenvalue weighted by Gasteiger charge is -2.09. The van der Waals surface area contributed by atoms with Gasteiger partial charge in [-0.05, 0) is 20.8 Å². The summed E-state index contributed by atoms with van der Waals surface area (Å²) in [6.07, 6.45) is 0.972. The van der Waals surface area contributed by atoms with Gasteiger partial charge in [-0.1, -0.05) is 23.0 Å². The average molecular weight is 241 g/mol. The molecule has 1 aliphatic heterocycles. The number of oxime groups is 1. The molecule has 0 aromatic heterocycles. The van der Waals surface area contributed by atoms with E-state index in [1.54, 1.807) is 6.08 Å². The molecule has 1 rings (SSSR count). The summed E-state index contributed by atoms with van der Waals surface area (Å²) in [7, 11) is 0. The highest BCUT2D eigenvalue weighted by Gasteiger charge is 2.29. The van der Waals surface area contributed by atoms with Gasteiger partial charge in [-0.3, -0.25) is 9.83 Å². The maximum Gasteiger partial charge on any atom is 0.433 e. The number of hydrogen-bond donors (Lipinski definition) is 1. The third-order valence-electron chi connectivity index (χ3n) is 1.70. The Kier molecular flexibility index (Phi) is 4.12. The van der Waals surface area contributed by atoms with Crippen molar-refractivity contribution in [3.05, 3.63) is 12.7 Å². The minimum Gasteiger partial charge on any atom is -0.316 e. The number of carbonyl (C=O) groups excluding carboxylic acids is 1. The second-order valence-corrected chi connectivity index (χ2v) is 5.28. The quantitative estimate of drug-likeness (QED) is 0.468. The first kappa shape index (κ1) is 12.8. The normalized spacial score (nSPS) is 20.4. The van der Waals surface area contributed by atoms with Gasteiger partial charge in [-0.15, -0.1) is 6.58 Å². The van der Waals surface area contributed by atoms with Crippen LogP contribution in [0.25, 0.3) is 0 Å². The lowest BCUT2D eigenvalue weighted by atomic mass is 10.4. The van der Waals surface area contributed by atoms with Crippen molar-refractivity contribution in [2.45, 2.75) is 25.6 Å². The van der Waals surface area contributed by atoms with E-state index in [0.717, 1.165) is 5.71 Å². The molecular formula is C10H15N3O2S. The molecule has 5 nitrogen and oxygen atoms in total. The Labute approximate surface area is 99.0 Å². The van der Waals surface area contributed by atoms with Crippen molar-refractivity contribution in [1.29, 1.82) is 0 Å². The number of rotatable bonds is 3. The Bertz CT molecular complexity index is 361. The molecule has 88 valence electrons. The van der Waals surface area contributed by atoms with Crippen LogP contribution in [0, 0.1) is 0 Å². The number of thioether (sulfide) groups is 1. The molecule has 16 heavy (non-hydrogen) atoms. The number of aliphatic imine (C=N–C) groups is 1. The van der Waals surface area contributed by atoms with E-state index in [1.807, 2.05) is 20.8 Å². The summed E-state index contributed by atoms with van der Waals surface area (Å²) < 4.78 is 0. The molecule has 1 N–H and O–H groups in total. The largest absolute Gasteiger partial charge is 0.433 e. The van der Waals surface area contributed by atoms with Gasteiger partial charge in [-0.25, -0.2) is 4.79 Å². The number of hydrogen-bond acceptors (Lipinski definition) is 5. The van der Waals surface area contributed by atoms with E-state index in [0.29, 0.717) is 11.6 Å². The van der Waals surface area contributed by atoms with Crippen LogP contribution in [-0.4, -0.2) is 28.3 Å². The molecule has 0 spiro atoms. The van der Waals surface area contributed by atoms with Crippen molar-refractivity contribution >= 4 is 28.6 Å². The van der Waals surface area contributed by atoms with Crippen molar-refractivity contribution in [2.75, 3.05) is 6.54 Å². The second kappa shape index (κ2) is 5.16. The fraction of sp³-hybridized carbons (Fsp3) is 0.500. The molecule has 6 heteroatoms. The third-order valence-corrected chi connectivity index (χ3v) is 2.85. The molecule has 1 amide bonds. The minimum absolute atomic E-state index is 0.232. The minimum atomic E-state index is -0.592. The first-order chi connectivity index (χ1) is 7.44. The van der Waals surface area contributed by atoms with Gasteiger partial charge in [-0.2, -0.15) is 0 Å². The average Bonchev–Trinajstić information content (AvgIpc) is 2.45. The second-order valence-electron chi connectivity index (χ2n) is 3.69. The highest BCUT2D eigenvalue weighted by molar-refractivity contribution is 8.17. The topological polar surface area (TPSA) is 63.0 Å². The maximum absolute atomic E-state index is 11.1. The standard InChI is InChI=1S/C10H15N3O2S/c1-5-6-11-9(14)15-13-8-7(2)12-10(3,4)16-8/h5H,1,6H2,2-4H3,(H,11,14). The van der Waals surface area contributed by atoms with Crippen LogP contribution < -0.4 is 5.32 Å². The van der Waals surface area contributed by atoms with Crippen molar-refractivity contribution < 1.29 is 9.63 Å². The van der Waals surface area contributed by atoms with Gasteiger partial charge in [0, 0.05) is 6.54 Å². The summed E-state index contributed by atoms with van der Waals surface area (Å²) in [4.78, 5) is 19.9. The van der Waals surface area contributed by atoms with Crippen molar-refractivity contribution in [3.63, 3.8) is 0 Å². The van der Waals surface area contributed by atoms with Crippen LogP contribution in [0.4, 0.5) is 4.79 Å². The molecule has 0 atom stereocenters. The highest BCUT2D eigenvalue weighted by atomic mass is 32.2. The van der Waals surface area contributed by atoms with E-state index in [-0.39, 0.29) is 4.87 Å². The molecule has 0 fully saturated rings. The zero-order valence-electron chi connectivity index (χ0n) is 9.61. The van der Waals surface area contributed by atoms with Crippen LogP contribution >= 0.6 is 11.8 Å². The predicted molar refractivity (Wildman–Crippen MR) is 66.9 cm³/mol. The molecule has 0 saturated carbocycles. The van der Waals surface area contributed by atoms with Crippen LogP contribution in [0.3, 0.4) is 0 Å². The number of amides is 1. The summed E-state index contributed by atoms with van der Waals surface area (Å²) in [6.45, 7) is 9.61. The SMILES string of the molecule is C=CCNC(=O)ON=C1SC(C)(C)N=C1C. The van der Waals surface area contributed by atoms with Gasteiger partial charge < -0.3 is 5.32 Å². The van der Waals surface area contributed by atoms with Gasteiger partial charge in [0.15, 0.2) is 5.04 Å². The van der Waals surface area contributed by atoms with Crippen LogP contribution in [0.2, 0.25) is 0 Å². The Morgan fingerprint density at radius 1 is 1.75 bits per heavy atom. The molecule has 1 aliphatic rings. The molecule has 0 aliphatic carbocycles. The Hall–Kier alpha value is -1.30. The monoisotopic (exact) mass is 241 g/mol. The zero-order chi connectivity index (χ0) is 12.2. The van der Waals surface area contributed by atoms with Gasteiger partial charge in [0.2, 0.25) is 0 Å². The maximum atomic E-state index is 11.1. The molecule has 0 unspecified atom stereocenters.